The number of rotatable bonds is 2. The molecule has 0 N–H and O–H groups in total. The van der Waals surface area contributed by atoms with Crippen molar-refractivity contribution in [2.45, 2.75) is 38.6 Å². The monoisotopic (exact) mass is 454 g/mol. The smallest absolute Gasteiger partial charge is 0.434 e. The third-order valence-corrected chi connectivity index (χ3v) is 5.43. The molecule has 162 valence electrons. The molecule has 11 heteroatoms. The Kier molecular flexibility index (Phi) is 6.13. The van der Waals surface area contributed by atoms with Crippen LogP contribution in [0.25, 0.3) is 0 Å². The van der Waals surface area contributed by atoms with Gasteiger partial charge in [0.05, 0.1) is 10.7 Å². The van der Waals surface area contributed by atoms with Crippen LogP contribution in [0.2, 0.25) is 10.2 Å². The fraction of sp³-hybridized carbons (Fsp3) is 0.667. The Balaban J connectivity index is 1.56. The SMILES string of the molecule is CC(C)(C)OC(=O)N1CCN(C2CN(c3cc(Cl)nc(C(F)(F)F)c3Cl)C2)CC1. The van der Waals surface area contributed by atoms with E-state index < -0.39 is 22.5 Å². The number of aromatic nitrogens is 1. The van der Waals surface area contributed by atoms with Gasteiger partial charge in [-0.15, -0.1) is 0 Å². The average Bonchev–Trinajstić information content (AvgIpc) is 2.54. The quantitative estimate of drug-likeness (QED) is 0.628. The highest BCUT2D eigenvalue weighted by molar-refractivity contribution is 6.35. The van der Waals surface area contributed by atoms with E-state index in [2.05, 4.69) is 9.88 Å². The van der Waals surface area contributed by atoms with Crippen molar-refractivity contribution < 1.29 is 22.7 Å². The van der Waals surface area contributed by atoms with Crippen LogP contribution >= 0.6 is 23.2 Å². The van der Waals surface area contributed by atoms with E-state index in [9.17, 15) is 18.0 Å². The number of hydrogen-bond acceptors (Lipinski definition) is 5. The zero-order valence-corrected chi connectivity index (χ0v) is 17.9. The van der Waals surface area contributed by atoms with Crippen LogP contribution in [-0.4, -0.2) is 71.8 Å². The van der Waals surface area contributed by atoms with Crippen LogP contribution in [0.15, 0.2) is 6.07 Å². The third-order valence-electron chi connectivity index (χ3n) is 4.86. The van der Waals surface area contributed by atoms with Gasteiger partial charge < -0.3 is 14.5 Å². The van der Waals surface area contributed by atoms with Gasteiger partial charge in [-0.3, -0.25) is 4.90 Å². The second kappa shape index (κ2) is 8.00. The molecule has 1 aromatic rings. The molecule has 0 aromatic carbocycles. The highest BCUT2D eigenvalue weighted by Gasteiger charge is 2.40. The van der Waals surface area contributed by atoms with E-state index in [4.69, 9.17) is 27.9 Å². The van der Waals surface area contributed by atoms with Gasteiger partial charge in [0.25, 0.3) is 0 Å². The number of pyridine rings is 1. The van der Waals surface area contributed by atoms with Crippen LogP contribution in [0, 0.1) is 0 Å². The van der Waals surface area contributed by atoms with E-state index in [-0.39, 0.29) is 23.0 Å². The van der Waals surface area contributed by atoms with Gasteiger partial charge in [-0.25, -0.2) is 9.78 Å². The fourth-order valence-corrected chi connectivity index (χ4v) is 3.89. The maximum Gasteiger partial charge on any atom is 0.434 e. The molecule has 2 saturated heterocycles. The molecule has 3 heterocycles. The first kappa shape index (κ1) is 22.2. The molecule has 0 atom stereocenters. The van der Waals surface area contributed by atoms with E-state index in [1.165, 1.54) is 6.07 Å². The minimum absolute atomic E-state index is 0.174. The topological polar surface area (TPSA) is 48.9 Å². The van der Waals surface area contributed by atoms with Gasteiger partial charge in [-0.2, -0.15) is 13.2 Å². The predicted octanol–water partition coefficient (Wildman–Crippen LogP) is 4.15. The first-order valence-electron chi connectivity index (χ1n) is 9.25. The van der Waals surface area contributed by atoms with Crippen molar-refractivity contribution in [1.29, 1.82) is 0 Å². The second-order valence-corrected chi connectivity index (χ2v) is 8.95. The molecular weight excluding hydrogens is 432 g/mol. The number of carbonyl (C=O) groups is 1. The first-order chi connectivity index (χ1) is 13.3. The van der Waals surface area contributed by atoms with Gasteiger partial charge in [-0.1, -0.05) is 23.2 Å². The van der Waals surface area contributed by atoms with Crippen molar-refractivity contribution in [1.82, 2.24) is 14.8 Å². The number of alkyl halides is 3. The molecular formula is C18H23Cl2F3N4O2. The van der Waals surface area contributed by atoms with Crippen LogP contribution in [0.3, 0.4) is 0 Å². The summed E-state index contributed by atoms with van der Waals surface area (Å²) < 4.78 is 44.7. The summed E-state index contributed by atoms with van der Waals surface area (Å²) in [4.78, 5) is 21.1. The Morgan fingerprint density at radius 2 is 1.72 bits per heavy atom. The molecule has 0 saturated carbocycles. The van der Waals surface area contributed by atoms with Crippen LogP contribution < -0.4 is 4.90 Å². The number of piperazine rings is 1. The maximum absolute atomic E-state index is 13.1. The van der Waals surface area contributed by atoms with Gasteiger partial charge in [-0.05, 0) is 20.8 Å². The van der Waals surface area contributed by atoms with E-state index in [0.717, 1.165) is 0 Å². The van der Waals surface area contributed by atoms with Crippen molar-refractivity contribution in [3.63, 3.8) is 0 Å². The summed E-state index contributed by atoms with van der Waals surface area (Å²) in [6.07, 6.45) is -5.00. The second-order valence-electron chi connectivity index (χ2n) is 8.19. The Hall–Kier alpha value is -1.45. The van der Waals surface area contributed by atoms with Gasteiger partial charge in [0.1, 0.15) is 10.8 Å². The van der Waals surface area contributed by atoms with Crippen LogP contribution in [0.1, 0.15) is 26.5 Å². The van der Waals surface area contributed by atoms with Gasteiger partial charge in [0, 0.05) is 51.4 Å². The first-order valence-corrected chi connectivity index (χ1v) is 10.0. The summed E-state index contributed by atoms with van der Waals surface area (Å²) >= 11 is 11.7. The van der Waals surface area contributed by atoms with E-state index in [0.29, 0.717) is 39.3 Å². The van der Waals surface area contributed by atoms with Crippen LogP contribution in [0.4, 0.5) is 23.7 Å². The highest BCUT2D eigenvalue weighted by Crippen LogP contribution is 2.41. The fourth-order valence-electron chi connectivity index (χ4n) is 3.38. The third kappa shape index (κ3) is 5.19. The molecule has 2 fully saturated rings. The molecule has 2 aliphatic heterocycles. The molecule has 0 aliphatic carbocycles. The Morgan fingerprint density at radius 1 is 1.14 bits per heavy atom. The largest absolute Gasteiger partial charge is 0.444 e. The van der Waals surface area contributed by atoms with E-state index in [1.54, 1.807) is 9.80 Å². The minimum atomic E-state index is -4.67. The van der Waals surface area contributed by atoms with Crippen LogP contribution in [-0.2, 0) is 10.9 Å². The van der Waals surface area contributed by atoms with Crippen molar-refractivity contribution in [3.8, 4) is 0 Å². The zero-order valence-electron chi connectivity index (χ0n) is 16.4. The lowest BCUT2D eigenvalue weighted by molar-refractivity contribution is -0.141. The number of anilines is 1. The van der Waals surface area contributed by atoms with E-state index >= 15 is 0 Å². The van der Waals surface area contributed by atoms with Crippen molar-refractivity contribution in [2.75, 3.05) is 44.2 Å². The summed E-state index contributed by atoms with van der Waals surface area (Å²) in [6, 6.07) is 1.53. The van der Waals surface area contributed by atoms with Gasteiger partial charge >= 0.3 is 12.3 Å². The number of amides is 1. The molecule has 0 bridgehead atoms. The predicted molar refractivity (Wildman–Crippen MR) is 105 cm³/mol. The van der Waals surface area contributed by atoms with Crippen molar-refractivity contribution in [2.24, 2.45) is 0 Å². The Bertz CT molecular complexity index is 772. The van der Waals surface area contributed by atoms with Gasteiger partial charge in [0.2, 0.25) is 0 Å². The van der Waals surface area contributed by atoms with Crippen molar-refractivity contribution >= 4 is 35.0 Å². The number of ether oxygens (including phenoxy) is 1. The maximum atomic E-state index is 13.1. The summed E-state index contributed by atoms with van der Waals surface area (Å²) in [5.74, 6) is 0. The molecule has 29 heavy (non-hydrogen) atoms. The van der Waals surface area contributed by atoms with Crippen molar-refractivity contribution in [3.05, 3.63) is 21.9 Å². The lowest BCUT2D eigenvalue weighted by Gasteiger charge is -2.49. The number of carbonyl (C=O) groups excluding carboxylic acids is 1. The van der Waals surface area contributed by atoms with E-state index in [1.807, 2.05) is 20.8 Å². The number of hydrogen-bond donors (Lipinski definition) is 0. The molecule has 1 amide bonds. The lowest BCUT2D eigenvalue weighted by atomic mass is 10.0. The van der Waals surface area contributed by atoms with Crippen LogP contribution in [0.5, 0.6) is 0 Å². The summed E-state index contributed by atoms with van der Waals surface area (Å²) in [5, 5.41) is -0.679. The molecule has 2 aliphatic rings. The molecule has 0 spiro atoms. The molecule has 0 unspecified atom stereocenters. The summed E-state index contributed by atoms with van der Waals surface area (Å²) in [7, 11) is 0. The normalized spacial score (nSPS) is 19.3. The number of halogens is 5. The lowest BCUT2D eigenvalue weighted by Crippen LogP contribution is -2.63. The van der Waals surface area contributed by atoms with Gasteiger partial charge in [0.15, 0.2) is 5.69 Å². The summed E-state index contributed by atoms with van der Waals surface area (Å²) in [5.41, 5.74) is -1.47. The average molecular weight is 455 g/mol. The summed E-state index contributed by atoms with van der Waals surface area (Å²) in [6.45, 7) is 8.98. The zero-order chi connectivity index (χ0) is 21.6. The standard InChI is InChI=1S/C18H23Cl2F3N4O2/c1-17(2,3)29-16(28)26-6-4-25(5-7-26)11-9-27(10-11)12-8-13(19)24-15(14(12)20)18(21,22)23/h8,11H,4-7,9-10H2,1-3H3. The minimum Gasteiger partial charge on any atom is -0.444 e. The number of nitrogens with zero attached hydrogens (tertiary/aromatic N) is 4. The highest BCUT2D eigenvalue weighted by atomic mass is 35.5. The molecule has 3 rings (SSSR count). The molecule has 0 radical (unpaired) electrons. The molecule has 6 nitrogen and oxygen atoms in total. The Labute approximate surface area is 177 Å². The Morgan fingerprint density at radius 3 is 2.24 bits per heavy atom. The molecule has 1 aromatic heterocycles.